The lowest BCUT2D eigenvalue weighted by Crippen LogP contribution is -2.35. The molecule has 0 radical (unpaired) electrons. The van der Waals surface area contributed by atoms with Crippen LogP contribution in [0.3, 0.4) is 0 Å². The normalized spacial score (nSPS) is 13.5. The van der Waals surface area contributed by atoms with Crippen molar-refractivity contribution in [2.75, 3.05) is 6.61 Å². The largest absolute Gasteiger partial charge is 0.482 e. The highest BCUT2D eigenvalue weighted by Crippen LogP contribution is 2.10. The van der Waals surface area contributed by atoms with Gasteiger partial charge in [-0.25, -0.2) is 0 Å². The van der Waals surface area contributed by atoms with E-state index in [9.17, 15) is 4.79 Å². The molecule has 21 heavy (non-hydrogen) atoms. The van der Waals surface area contributed by atoms with Gasteiger partial charge in [-0.15, -0.1) is 0 Å². The van der Waals surface area contributed by atoms with Gasteiger partial charge in [-0.2, -0.15) is 0 Å². The number of carbonyl (C=O) groups is 1. The van der Waals surface area contributed by atoms with E-state index in [1.165, 1.54) is 0 Å². The molecule has 1 rings (SSSR count). The van der Waals surface area contributed by atoms with Gasteiger partial charge in [-0.05, 0) is 31.9 Å². The van der Waals surface area contributed by atoms with Crippen molar-refractivity contribution in [2.45, 2.75) is 58.5 Å². The number of ether oxygens (including phenoxy) is 1. The van der Waals surface area contributed by atoms with Gasteiger partial charge in [-0.1, -0.05) is 20.3 Å². The van der Waals surface area contributed by atoms with E-state index in [-0.39, 0.29) is 24.6 Å². The van der Waals surface area contributed by atoms with Gasteiger partial charge in [0.2, 0.25) is 0 Å². The Hall–Kier alpha value is -1.62. The summed E-state index contributed by atoms with van der Waals surface area (Å²) in [5.41, 5.74) is 6.83. The first-order valence-electron chi connectivity index (χ1n) is 7.67. The molecular weight excluding hydrogens is 266 g/mol. The van der Waals surface area contributed by atoms with Crippen molar-refractivity contribution >= 4 is 5.91 Å². The molecule has 0 aliphatic carbocycles. The molecule has 0 saturated carbocycles. The van der Waals surface area contributed by atoms with Crippen molar-refractivity contribution in [3.63, 3.8) is 0 Å². The third-order valence-electron chi connectivity index (χ3n) is 3.29. The van der Waals surface area contributed by atoms with E-state index in [4.69, 9.17) is 10.5 Å². The zero-order valence-corrected chi connectivity index (χ0v) is 13.3. The lowest BCUT2D eigenvalue weighted by Gasteiger charge is -2.13. The van der Waals surface area contributed by atoms with Crippen molar-refractivity contribution in [2.24, 2.45) is 5.73 Å². The van der Waals surface area contributed by atoms with Gasteiger partial charge >= 0.3 is 0 Å². The van der Waals surface area contributed by atoms with Crippen molar-refractivity contribution in [3.05, 3.63) is 24.0 Å². The second-order valence-electron chi connectivity index (χ2n) is 5.40. The van der Waals surface area contributed by atoms with Gasteiger partial charge in [-0.3, -0.25) is 9.78 Å². The molecule has 118 valence electrons. The Balaban J connectivity index is 2.37. The summed E-state index contributed by atoms with van der Waals surface area (Å²) in [6.07, 6.45) is 5.34. The van der Waals surface area contributed by atoms with Crippen LogP contribution in [0, 0.1) is 0 Å². The number of pyridine rings is 1. The number of hydrogen-bond donors (Lipinski definition) is 2. The van der Waals surface area contributed by atoms with Gasteiger partial charge in [0.05, 0.1) is 6.20 Å². The fourth-order valence-corrected chi connectivity index (χ4v) is 2.00. The lowest BCUT2D eigenvalue weighted by molar-refractivity contribution is -0.123. The molecule has 0 aliphatic heterocycles. The molecule has 0 spiro atoms. The van der Waals surface area contributed by atoms with Crippen molar-refractivity contribution < 1.29 is 9.53 Å². The summed E-state index contributed by atoms with van der Waals surface area (Å²) >= 11 is 0. The van der Waals surface area contributed by atoms with Crippen LogP contribution >= 0.6 is 0 Å². The van der Waals surface area contributed by atoms with E-state index in [1.807, 2.05) is 19.1 Å². The van der Waals surface area contributed by atoms with Crippen molar-refractivity contribution in [1.29, 1.82) is 0 Å². The number of nitrogens with zero attached hydrogens (tertiary/aromatic N) is 1. The second kappa shape index (κ2) is 9.34. The van der Waals surface area contributed by atoms with E-state index in [0.717, 1.165) is 31.4 Å². The smallest absolute Gasteiger partial charge is 0.258 e. The van der Waals surface area contributed by atoms with Gasteiger partial charge in [0.25, 0.3) is 5.91 Å². The minimum atomic E-state index is -0.104. The summed E-state index contributed by atoms with van der Waals surface area (Å²) < 4.78 is 5.43. The van der Waals surface area contributed by atoms with E-state index >= 15 is 0 Å². The maximum absolute atomic E-state index is 11.7. The lowest BCUT2D eigenvalue weighted by atomic mass is 10.1. The third kappa shape index (κ3) is 7.09. The summed E-state index contributed by atoms with van der Waals surface area (Å²) in [5.74, 6) is 0.496. The molecule has 5 nitrogen and oxygen atoms in total. The number of aromatic nitrogens is 1. The predicted molar refractivity (Wildman–Crippen MR) is 84.2 cm³/mol. The molecule has 5 heteroatoms. The van der Waals surface area contributed by atoms with Gasteiger partial charge in [0, 0.05) is 24.2 Å². The Morgan fingerprint density at radius 1 is 1.43 bits per heavy atom. The summed E-state index contributed by atoms with van der Waals surface area (Å²) in [6.45, 7) is 6.16. The Bertz CT molecular complexity index is 420. The molecule has 0 saturated heterocycles. The van der Waals surface area contributed by atoms with Crippen LogP contribution in [0.4, 0.5) is 0 Å². The van der Waals surface area contributed by atoms with Gasteiger partial charge < -0.3 is 15.8 Å². The van der Waals surface area contributed by atoms with Crippen LogP contribution in [0.15, 0.2) is 18.3 Å². The fraction of sp³-hybridized carbons (Fsp3) is 0.625. The van der Waals surface area contributed by atoms with Gasteiger partial charge in [0.15, 0.2) is 6.61 Å². The number of amides is 1. The average molecular weight is 293 g/mol. The topological polar surface area (TPSA) is 77.2 Å². The van der Waals surface area contributed by atoms with Gasteiger partial charge in [0.1, 0.15) is 5.75 Å². The summed E-state index contributed by atoms with van der Waals surface area (Å²) in [6, 6.07) is 4.04. The van der Waals surface area contributed by atoms with E-state index in [1.54, 1.807) is 6.20 Å². The average Bonchev–Trinajstić information content (AvgIpc) is 2.46. The molecule has 0 fully saturated rings. The molecule has 2 unspecified atom stereocenters. The number of nitrogens with one attached hydrogen (secondary N) is 1. The summed E-state index contributed by atoms with van der Waals surface area (Å²) in [7, 11) is 0. The predicted octanol–water partition coefficient (Wildman–Crippen LogP) is 2.04. The SMILES string of the molecule is CCCC(C)NC(=O)COc1ccc(CC(N)CC)nc1. The van der Waals surface area contributed by atoms with Crippen LogP contribution in [-0.2, 0) is 11.2 Å². The molecule has 3 N–H and O–H groups in total. The zero-order chi connectivity index (χ0) is 15.7. The number of hydrogen-bond acceptors (Lipinski definition) is 4. The second-order valence-corrected chi connectivity index (χ2v) is 5.40. The first-order valence-corrected chi connectivity index (χ1v) is 7.67. The molecule has 1 aromatic rings. The third-order valence-corrected chi connectivity index (χ3v) is 3.29. The number of rotatable bonds is 9. The standard InChI is InChI=1S/C16H27N3O2/c1-4-6-12(3)19-16(20)11-21-15-8-7-14(18-10-15)9-13(17)5-2/h7-8,10,12-13H,4-6,9,11,17H2,1-3H3,(H,19,20). The minimum absolute atomic E-state index is 0.0174. The number of carbonyl (C=O) groups excluding carboxylic acids is 1. The summed E-state index contributed by atoms with van der Waals surface area (Å²) in [4.78, 5) is 16.0. The Morgan fingerprint density at radius 2 is 2.19 bits per heavy atom. The molecular formula is C16H27N3O2. The molecule has 0 aromatic carbocycles. The monoisotopic (exact) mass is 293 g/mol. The van der Waals surface area contributed by atoms with Crippen LogP contribution in [0.5, 0.6) is 5.75 Å². The quantitative estimate of drug-likeness (QED) is 0.730. The highest BCUT2D eigenvalue weighted by molar-refractivity contribution is 5.77. The zero-order valence-electron chi connectivity index (χ0n) is 13.3. The van der Waals surface area contributed by atoms with E-state index in [2.05, 4.69) is 24.1 Å². The molecule has 0 aliphatic rings. The van der Waals surface area contributed by atoms with Crippen LogP contribution in [0.2, 0.25) is 0 Å². The van der Waals surface area contributed by atoms with Crippen LogP contribution in [0.25, 0.3) is 0 Å². The maximum Gasteiger partial charge on any atom is 0.258 e. The number of nitrogens with two attached hydrogens (primary N) is 1. The Kier molecular flexibility index (Phi) is 7.75. The molecule has 2 atom stereocenters. The fourth-order valence-electron chi connectivity index (χ4n) is 2.00. The Morgan fingerprint density at radius 3 is 2.76 bits per heavy atom. The summed E-state index contributed by atoms with van der Waals surface area (Å²) in [5, 5.41) is 2.90. The first-order chi connectivity index (χ1) is 10.0. The van der Waals surface area contributed by atoms with Crippen LogP contribution in [0.1, 0.15) is 45.7 Å². The van der Waals surface area contributed by atoms with E-state index in [0.29, 0.717) is 5.75 Å². The molecule has 1 amide bonds. The first kappa shape index (κ1) is 17.4. The molecule has 1 heterocycles. The van der Waals surface area contributed by atoms with Crippen molar-refractivity contribution in [1.82, 2.24) is 10.3 Å². The molecule has 1 aromatic heterocycles. The van der Waals surface area contributed by atoms with Crippen LogP contribution < -0.4 is 15.8 Å². The highest BCUT2D eigenvalue weighted by Gasteiger charge is 2.08. The highest BCUT2D eigenvalue weighted by atomic mass is 16.5. The molecule has 0 bridgehead atoms. The van der Waals surface area contributed by atoms with Crippen molar-refractivity contribution in [3.8, 4) is 5.75 Å². The van der Waals surface area contributed by atoms with Crippen LogP contribution in [-0.4, -0.2) is 29.6 Å². The Labute approximate surface area is 127 Å². The minimum Gasteiger partial charge on any atom is -0.482 e. The maximum atomic E-state index is 11.7. The van der Waals surface area contributed by atoms with E-state index < -0.39 is 0 Å².